The van der Waals surface area contributed by atoms with Crippen molar-refractivity contribution in [1.29, 1.82) is 0 Å². The van der Waals surface area contributed by atoms with Gasteiger partial charge in [-0.1, -0.05) is 24.3 Å². The molecule has 2 aromatic carbocycles. The Morgan fingerprint density at radius 2 is 1.68 bits per heavy atom. The molecule has 0 unspecified atom stereocenters. The number of nitrogens with one attached hydrogen (secondary N) is 2. The fourth-order valence-electron chi connectivity index (χ4n) is 2.49. The smallest absolute Gasteiger partial charge is 0.191 e. The molecule has 0 saturated carbocycles. The van der Waals surface area contributed by atoms with Gasteiger partial charge in [0.15, 0.2) is 5.96 Å². The maximum atomic E-state index is 5.37. The molecule has 2 rings (SSSR count). The molecule has 0 bridgehead atoms. The first-order valence-corrected chi connectivity index (χ1v) is 8.37. The van der Waals surface area contributed by atoms with Gasteiger partial charge in [0.1, 0.15) is 11.5 Å². The molecule has 0 aliphatic carbocycles. The molecule has 0 aliphatic rings. The predicted octanol–water partition coefficient (Wildman–Crippen LogP) is 2.92. The summed E-state index contributed by atoms with van der Waals surface area (Å²) in [5.74, 6) is 2.58. The van der Waals surface area contributed by atoms with Gasteiger partial charge in [0, 0.05) is 20.1 Å². The van der Waals surface area contributed by atoms with E-state index in [1.807, 2.05) is 31.2 Å². The van der Waals surface area contributed by atoms with Crippen LogP contribution in [0, 0.1) is 6.92 Å². The van der Waals surface area contributed by atoms with Crippen molar-refractivity contribution < 1.29 is 9.47 Å². The largest absolute Gasteiger partial charge is 0.497 e. The van der Waals surface area contributed by atoms with E-state index < -0.39 is 0 Å². The zero-order valence-corrected chi connectivity index (χ0v) is 15.4. The van der Waals surface area contributed by atoms with Gasteiger partial charge < -0.3 is 20.1 Å². The van der Waals surface area contributed by atoms with E-state index in [1.54, 1.807) is 21.3 Å². The SMILES string of the molecule is CN=C(NCCc1ccc(C)c(OC)c1)NCc1ccc(OC)cc1. The van der Waals surface area contributed by atoms with Gasteiger partial charge in [-0.15, -0.1) is 0 Å². The quantitative estimate of drug-likeness (QED) is 0.601. The van der Waals surface area contributed by atoms with Crippen LogP contribution < -0.4 is 20.1 Å². The molecule has 0 amide bonds. The zero-order chi connectivity index (χ0) is 18.1. The summed E-state index contributed by atoms with van der Waals surface area (Å²) in [5, 5.41) is 6.65. The van der Waals surface area contributed by atoms with Gasteiger partial charge in [0.05, 0.1) is 14.2 Å². The zero-order valence-electron chi connectivity index (χ0n) is 15.4. The fourth-order valence-corrected chi connectivity index (χ4v) is 2.49. The molecule has 0 heterocycles. The van der Waals surface area contributed by atoms with E-state index in [9.17, 15) is 0 Å². The summed E-state index contributed by atoms with van der Waals surface area (Å²) in [5.41, 5.74) is 3.56. The minimum absolute atomic E-state index is 0.710. The number of aryl methyl sites for hydroxylation is 1. The number of benzene rings is 2. The molecule has 0 radical (unpaired) electrons. The minimum atomic E-state index is 0.710. The van der Waals surface area contributed by atoms with Gasteiger partial charge in [-0.2, -0.15) is 0 Å². The highest BCUT2D eigenvalue weighted by Gasteiger charge is 2.02. The summed E-state index contributed by atoms with van der Waals surface area (Å²) < 4.78 is 10.5. The van der Waals surface area contributed by atoms with Crippen LogP contribution in [0.4, 0.5) is 0 Å². The average molecular weight is 341 g/mol. The maximum Gasteiger partial charge on any atom is 0.191 e. The van der Waals surface area contributed by atoms with Crippen molar-refractivity contribution in [2.75, 3.05) is 27.8 Å². The van der Waals surface area contributed by atoms with Crippen molar-refractivity contribution in [3.8, 4) is 11.5 Å². The van der Waals surface area contributed by atoms with E-state index in [2.05, 4.69) is 33.8 Å². The number of guanidine groups is 1. The third-order valence-electron chi connectivity index (χ3n) is 4.02. The van der Waals surface area contributed by atoms with E-state index in [0.29, 0.717) is 6.54 Å². The van der Waals surface area contributed by atoms with Crippen molar-refractivity contribution in [1.82, 2.24) is 10.6 Å². The topological polar surface area (TPSA) is 54.9 Å². The molecule has 0 atom stereocenters. The Kier molecular flexibility index (Phi) is 7.14. The van der Waals surface area contributed by atoms with Gasteiger partial charge in [0.25, 0.3) is 0 Å². The molecule has 5 nitrogen and oxygen atoms in total. The number of hydrogen-bond acceptors (Lipinski definition) is 3. The second-order valence-electron chi connectivity index (χ2n) is 5.75. The molecule has 0 aromatic heterocycles. The number of methoxy groups -OCH3 is 2. The standard InChI is InChI=1S/C20H27N3O2/c1-15-5-6-16(13-19(15)25-4)11-12-22-20(21-2)23-14-17-7-9-18(24-3)10-8-17/h5-10,13H,11-12,14H2,1-4H3,(H2,21,22,23). The molecule has 2 aromatic rings. The van der Waals surface area contributed by atoms with E-state index in [1.165, 1.54) is 11.1 Å². The second-order valence-corrected chi connectivity index (χ2v) is 5.75. The summed E-state index contributed by atoms with van der Waals surface area (Å²) in [7, 11) is 5.15. The molecule has 0 aliphatic heterocycles. The third-order valence-corrected chi connectivity index (χ3v) is 4.02. The number of aliphatic imine (C=N–C) groups is 1. The highest BCUT2D eigenvalue weighted by molar-refractivity contribution is 5.79. The highest BCUT2D eigenvalue weighted by Crippen LogP contribution is 2.19. The van der Waals surface area contributed by atoms with Crippen LogP contribution >= 0.6 is 0 Å². The first-order valence-electron chi connectivity index (χ1n) is 8.37. The van der Waals surface area contributed by atoms with Crippen LogP contribution in [0.3, 0.4) is 0 Å². The Bertz CT molecular complexity index is 697. The number of nitrogens with zero attached hydrogens (tertiary/aromatic N) is 1. The lowest BCUT2D eigenvalue weighted by Gasteiger charge is -2.13. The average Bonchev–Trinajstić information content (AvgIpc) is 2.66. The molecule has 0 fully saturated rings. The summed E-state index contributed by atoms with van der Waals surface area (Å²) >= 11 is 0. The normalized spacial score (nSPS) is 11.1. The lowest BCUT2D eigenvalue weighted by Crippen LogP contribution is -2.37. The first kappa shape index (κ1) is 18.6. The first-order chi connectivity index (χ1) is 12.2. The van der Waals surface area contributed by atoms with Crippen molar-refractivity contribution in [2.45, 2.75) is 19.9 Å². The molecule has 0 saturated heterocycles. The van der Waals surface area contributed by atoms with Crippen LogP contribution in [0.2, 0.25) is 0 Å². The Labute approximate surface area is 150 Å². The van der Waals surface area contributed by atoms with E-state index >= 15 is 0 Å². The van der Waals surface area contributed by atoms with Crippen LogP contribution in [0.1, 0.15) is 16.7 Å². The van der Waals surface area contributed by atoms with Gasteiger partial charge in [0.2, 0.25) is 0 Å². The predicted molar refractivity (Wildman–Crippen MR) is 103 cm³/mol. The monoisotopic (exact) mass is 341 g/mol. The Hall–Kier alpha value is -2.69. The van der Waals surface area contributed by atoms with Crippen molar-refractivity contribution >= 4 is 5.96 Å². The lowest BCUT2D eigenvalue weighted by atomic mass is 10.1. The molecule has 25 heavy (non-hydrogen) atoms. The number of ether oxygens (including phenoxy) is 2. The van der Waals surface area contributed by atoms with Crippen LogP contribution in [-0.4, -0.2) is 33.8 Å². The van der Waals surface area contributed by atoms with Crippen molar-refractivity contribution in [2.24, 2.45) is 4.99 Å². The van der Waals surface area contributed by atoms with Crippen molar-refractivity contribution in [3.63, 3.8) is 0 Å². The summed E-state index contributed by atoms with van der Waals surface area (Å²) in [6.45, 7) is 3.56. The molecule has 2 N–H and O–H groups in total. The van der Waals surface area contributed by atoms with Gasteiger partial charge >= 0.3 is 0 Å². The summed E-state index contributed by atoms with van der Waals surface area (Å²) in [6.07, 6.45) is 0.903. The van der Waals surface area contributed by atoms with Crippen molar-refractivity contribution in [3.05, 3.63) is 59.2 Å². The molecular weight excluding hydrogens is 314 g/mol. The van der Waals surface area contributed by atoms with Crippen LogP contribution in [0.25, 0.3) is 0 Å². The molecule has 0 spiro atoms. The molecule has 5 heteroatoms. The van der Waals surface area contributed by atoms with Crippen LogP contribution in [0.5, 0.6) is 11.5 Å². The Balaban J connectivity index is 1.80. The molecular formula is C20H27N3O2. The number of hydrogen-bond donors (Lipinski definition) is 2. The Morgan fingerprint density at radius 3 is 2.32 bits per heavy atom. The van der Waals surface area contributed by atoms with Gasteiger partial charge in [-0.3, -0.25) is 4.99 Å². The number of rotatable bonds is 7. The summed E-state index contributed by atoms with van der Waals surface area (Å²) in [6, 6.07) is 14.3. The second kappa shape index (κ2) is 9.57. The van der Waals surface area contributed by atoms with Crippen LogP contribution in [0.15, 0.2) is 47.5 Å². The maximum absolute atomic E-state index is 5.37. The highest BCUT2D eigenvalue weighted by atomic mass is 16.5. The molecule has 134 valence electrons. The van der Waals surface area contributed by atoms with E-state index in [-0.39, 0.29) is 0 Å². The lowest BCUT2D eigenvalue weighted by molar-refractivity contribution is 0.411. The van der Waals surface area contributed by atoms with E-state index in [4.69, 9.17) is 9.47 Å². The van der Waals surface area contributed by atoms with Gasteiger partial charge in [-0.25, -0.2) is 0 Å². The van der Waals surface area contributed by atoms with E-state index in [0.717, 1.165) is 36.0 Å². The van der Waals surface area contributed by atoms with Crippen LogP contribution in [-0.2, 0) is 13.0 Å². The van der Waals surface area contributed by atoms with Gasteiger partial charge in [-0.05, 0) is 48.2 Å². The Morgan fingerprint density at radius 1 is 0.960 bits per heavy atom. The minimum Gasteiger partial charge on any atom is -0.497 e. The summed E-state index contributed by atoms with van der Waals surface area (Å²) in [4.78, 5) is 4.26. The fraction of sp³-hybridized carbons (Fsp3) is 0.350. The third kappa shape index (κ3) is 5.71.